The van der Waals surface area contributed by atoms with Crippen molar-refractivity contribution in [3.8, 4) is 5.75 Å². The van der Waals surface area contributed by atoms with Crippen molar-refractivity contribution < 1.29 is 24.0 Å². The molecule has 0 bridgehead atoms. The molecule has 0 fully saturated rings. The van der Waals surface area contributed by atoms with Crippen molar-refractivity contribution in [2.45, 2.75) is 53.0 Å². The molecule has 0 radical (unpaired) electrons. The first kappa shape index (κ1) is 24.3. The number of benzene rings is 1. The Morgan fingerprint density at radius 1 is 1.15 bits per heavy atom. The molecule has 2 N–H and O–H groups in total. The standard InChI is InChI=1S/C26H33N3O4/c1-4-7-8-9-14-33-24-16-20(29(5-2)6-3)11-10-19(24)15-22-21-12-13-28(18-25(30)31)17-23(21)27-26(22)32/h10-13,15-17H,4-9,14,18H2,1-3H3,(H-,27,30,31,32)/p+1. The zero-order valence-electron chi connectivity index (χ0n) is 19.8. The summed E-state index contributed by atoms with van der Waals surface area (Å²) in [4.78, 5) is 26.0. The molecule has 1 aliphatic rings. The highest BCUT2D eigenvalue weighted by Crippen LogP contribution is 2.35. The first-order valence-electron chi connectivity index (χ1n) is 11.8. The molecule has 0 saturated heterocycles. The molecule has 0 aliphatic carbocycles. The van der Waals surface area contributed by atoms with Crippen LogP contribution in [0.15, 0.2) is 36.7 Å². The molecule has 0 unspecified atom stereocenters. The minimum atomic E-state index is -0.936. The van der Waals surface area contributed by atoms with Gasteiger partial charge in [-0.3, -0.25) is 4.79 Å². The van der Waals surface area contributed by atoms with E-state index >= 15 is 0 Å². The number of pyridine rings is 1. The van der Waals surface area contributed by atoms with E-state index < -0.39 is 5.97 Å². The topological polar surface area (TPSA) is 82.8 Å². The van der Waals surface area contributed by atoms with Crippen molar-refractivity contribution in [1.29, 1.82) is 0 Å². The van der Waals surface area contributed by atoms with Gasteiger partial charge in [-0.2, -0.15) is 4.57 Å². The van der Waals surface area contributed by atoms with Gasteiger partial charge in [-0.25, -0.2) is 4.79 Å². The summed E-state index contributed by atoms with van der Waals surface area (Å²) in [6.07, 6.45) is 9.68. The van der Waals surface area contributed by atoms with Crippen molar-refractivity contribution in [2.75, 3.05) is 29.9 Å². The zero-order chi connectivity index (χ0) is 23.8. The minimum absolute atomic E-state index is 0.162. The second kappa shape index (κ2) is 11.5. The van der Waals surface area contributed by atoms with Crippen LogP contribution < -0.4 is 19.5 Å². The lowest BCUT2D eigenvalue weighted by atomic mass is 10.0. The third kappa shape index (κ3) is 6.12. The number of carboxylic acid groups (broad SMARTS) is 1. The second-order valence-corrected chi connectivity index (χ2v) is 8.15. The van der Waals surface area contributed by atoms with Crippen LogP contribution in [-0.4, -0.2) is 36.7 Å². The summed E-state index contributed by atoms with van der Waals surface area (Å²) in [7, 11) is 0. The van der Waals surface area contributed by atoms with E-state index in [1.165, 1.54) is 17.4 Å². The normalized spacial score (nSPS) is 13.7. The Morgan fingerprint density at radius 3 is 2.64 bits per heavy atom. The molecular weight excluding hydrogens is 418 g/mol. The van der Waals surface area contributed by atoms with Crippen LogP contribution in [0.5, 0.6) is 5.75 Å². The molecule has 0 saturated carbocycles. The fourth-order valence-electron chi connectivity index (χ4n) is 4.00. The van der Waals surface area contributed by atoms with Crippen molar-refractivity contribution in [3.05, 3.63) is 47.8 Å². The van der Waals surface area contributed by atoms with E-state index in [1.807, 2.05) is 12.1 Å². The number of unbranched alkanes of at least 4 members (excludes halogenated alkanes) is 3. The predicted molar refractivity (Wildman–Crippen MR) is 130 cm³/mol. The summed E-state index contributed by atoms with van der Waals surface area (Å²) >= 11 is 0. The number of anilines is 2. The summed E-state index contributed by atoms with van der Waals surface area (Å²) in [6, 6.07) is 7.89. The minimum Gasteiger partial charge on any atom is -0.493 e. The number of nitrogens with zero attached hydrogens (tertiary/aromatic N) is 2. The Hall–Kier alpha value is -3.35. The molecule has 0 atom stereocenters. The van der Waals surface area contributed by atoms with Crippen LogP contribution in [0.1, 0.15) is 57.6 Å². The Bertz CT molecular complexity index is 1030. The predicted octanol–water partition coefficient (Wildman–Crippen LogP) is 4.36. The number of amides is 1. The van der Waals surface area contributed by atoms with E-state index in [9.17, 15) is 9.59 Å². The molecule has 7 heteroatoms. The number of aromatic nitrogens is 1. The van der Waals surface area contributed by atoms with Crippen molar-refractivity contribution in [1.82, 2.24) is 0 Å². The van der Waals surface area contributed by atoms with Crippen LogP contribution in [0.4, 0.5) is 11.4 Å². The summed E-state index contributed by atoms with van der Waals surface area (Å²) in [5, 5.41) is 11.9. The van der Waals surface area contributed by atoms with Gasteiger partial charge < -0.3 is 20.1 Å². The summed E-state index contributed by atoms with van der Waals surface area (Å²) in [5.74, 6) is -0.379. The van der Waals surface area contributed by atoms with E-state index in [0.29, 0.717) is 17.9 Å². The number of carbonyl (C=O) groups is 2. The Kier molecular flexibility index (Phi) is 8.46. The molecule has 33 heavy (non-hydrogen) atoms. The molecular formula is C26H34N3O4+. The van der Waals surface area contributed by atoms with E-state index in [4.69, 9.17) is 9.84 Å². The quantitative estimate of drug-likeness (QED) is 0.284. The molecule has 1 aliphatic heterocycles. The zero-order valence-corrected chi connectivity index (χ0v) is 19.8. The molecule has 176 valence electrons. The molecule has 1 aromatic heterocycles. The van der Waals surface area contributed by atoms with Gasteiger partial charge in [0.05, 0.1) is 12.2 Å². The largest absolute Gasteiger partial charge is 0.493 e. The lowest BCUT2D eigenvalue weighted by molar-refractivity contribution is -0.685. The average Bonchev–Trinajstić information content (AvgIpc) is 3.09. The average molecular weight is 453 g/mol. The monoisotopic (exact) mass is 452 g/mol. The number of aliphatic carboxylic acids is 1. The first-order chi connectivity index (χ1) is 16.0. The van der Waals surface area contributed by atoms with Gasteiger partial charge in [0, 0.05) is 42.0 Å². The van der Waals surface area contributed by atoms with Gasteiger partial charge in [-0.05, 0) is 38.5 Å². The summed E-state index contributed by atoms with van der Waals surface area (Å²) in [6.45, 7) is 8.72. The maximum atomic E-state index is 12.7. The van der Waals surface area contributed by atoms with Crippen LogP contribution in [0.3, 0.4) is 0 Å². The molecule has 0 spiro atoms. The van der Waals surface area contributed by atoms with Gasteiger partial charge in [0.15, 0.2) is 12.4 Å². The van der Waals surface area contributed by atoms with Crippen LogP contribution >= 0.6 is 0 Å². The molecule has 3 rings (SSSR count). The lowest BCUT2D eigenvalue weighted by Crippen LogP contribution is -2.37. The maximum absolute atomic E-state index is 12.7. The first-order valence-corrected chi connectivity index (χ1v) is 11.8. The summed E-state index contributed by atoms with van der Waals surface area (Å²) in [5.41, 5.74) is 3.84. The number of carboxylic acids is 1. The molecule has 1 aromatic carbocycles. The van der Waals surface area contributed by atoms with Gasteiger partial charge >= 0.3 is 5.97 Å². The number of ether oxygens (including phenoxy) is 1. The number of hydrogen-bond acceptors (Lipinski definition) is 4. The van der Waals surface area contributed by atoms with Crippen molar-refractivity contribution in [2.24, 2.45) is 0 Å². The smallest absolute Gasteiger partial charge is 0.370 e. The van der Waals surface area contributed by atoms with Crippen molar-refractivity contribution in [3.63, 3.8) is 0 Å². The maximum Gasteiger partial charge on any atom is 0.370 e. The molecule has 7 nitrogen and oxygen atoms in total. The number of hydrogen-bond donors (Lipinski definition) is 2. The third-order valence-electron chi connectivity index (χ3n) is 5.80. The van der Waals surface area contributed by atoms with Gasteiger partial charge in [-0.15, -0.1) is 0 Å². The van der Waals surface area contributed by atoms with E-state index in [2.05, 4.69) is 43.1 Å². The van der Waals surface area contributed by atoms with Gasteiger partial charge in [0.2, 0.25) is 6.54 Å². The number of carbonyl (C=O) groups excluding carboxylic acids is 1. The number of rotatable bonds is 12. The van der Waals surface area contributed by atoms with Crippen LogP contribution in [-0.2, 0) is 16.1 Å². The molecule has 1 amide bonds. The van der Waals surface area contributed by atoms with E-state index in [-0.39, 0.29) is 12.5 Å². The highest BCUT2D eigenvalue weighted by molar-refractivity contribution is 6.34. The highest BCUT2D eigenvalue weighted by atomic mass is 16.5. The SMILES string of the molecule is CCCCCCOc1cc(N(CC)CC)ccc1/C=C1\C(=O)Nc2c[n+](CC(=O)O)ccc21. The second-order valence-electron chi connectivity index (χ2n) is 8.15. The van der Waals surface area contributed by atoms with E-state index in [1.54, 1.807) is 18.5 Å². The van der Waals surface area contributed by atoms with Gasteiger partial charge in [0.1, 0.15) is 11.4 Å². The Balaban J connectivity index is 1.92. The fraction of sp³-hybridized carbons (Fsp3) is 0.423. The van der Waals surface area contributed by atoms with Crippen LogP contribution in [0.25, 0.3) is 11.6 Å². The highest BCUT2D eigenvalue weighted by Gasteiger charge is 2.27. The molecule has 2 heterocycles. The molecule has 2 aromatic rings. The van der Waals surface area contributed by atoms with E-state index in [0.717, 1.165) is 48.5 Å². The fourth-order valence-corrected chi connectivity index (χ4v) is 4.00. The number of fused-ring (bicyclic) bond motifs is 1. The Labute approximate surface area is 195 Å². The number of nitrogens with one attached hydrogen (secondary N) is 1. The van der Waals surface area contributed by atoms with Crippen LogP contribution in [0.2, 0.25) is 0 Å². The van der Waals surface area contributed by atoms with Crippen LogP contribution in [0, 0.1) is 0 Å². The third-order valence-corrected chi connectivity index (χ3v) is 5.80. The lowest BCUT2D eigenvalue weighted by Gasteiger charge is -2.22. The van der Waals surface area contributed by atoms with Crippen molar-refractivity contribution >= 4 is 34.9 Å². The summed E-state index contributed by atoms with van der Waals surface area (Å²) < 4.78 is 7.72. The van der Waals surface area contributed by atoms with Gasteiger partial charge in [0.25, 0.3) is 5.91 Å². The Morgan fingerprint density at radius 2 is 1.94 bits per heavy atom. The van der Waals surface area contributed by atoms with Gasteiger partial charge in [-0.1, -0.05) is 26.2 Å².